The van der Waals surface area contributed by atoms with E-state index in [4.69, 9.17) is 8.53 Å². The lowest BCUT2D eigenvalue weighted by Crippen LogP contribution is -1.92. The van der Waals surface area contributed by atoms with Gasteiger partial charge in [0.2, 0.25) is 0 Å². The normalized spacial score (nSPS) is 12.8. The molecule has 1 heterocycles. The fourth-order valence-electron chi connectivity index (χ4n) is 6.77. The number of fused-ring (bicyclic) bond motifs is 5. The number of furan rings is 1. The maximum atomic E-state index is 9.22. The third-order valence-electron chi connectivity index (χ3n) is 8.82. The Morgan fingerprint density at radius 1 is 0.356 bits per heavy atom. The van der Waals surface area contributed by atoms with Crippen molar-refractivity contribution in [3.05, 3.63) is 170 Å². The summed E-state index contributed by atoms with van der Waals surface area (Å²) in [5, 5.41) is 6.09. The summed E-state index contributed by atoms with van der Waals surface area (Å²) in [6, 6.07) is 48.5. The molecule has 0 atom stereocenters. The molecule has 0 aliphatic heterocycles. The Balaban J connectivity index is 1.28. The summed E-state index contributed by atoms with van der Waals surface area (Å²) < 4.78 is 41.6. The van der Waals surface area contributed by atoms with Crippen molar-refractivity contribution in [2.24, 2.45) is 0 Å². The average Bonchev–Trinajstić information content (AvgIpc) is 3.53. The molecule has 0 unspecified atom stereocenters. The maximum absolute atomic E-state index is 9.22. The number of hydrogen-bond donors (Lipinski definition) is 0. The zero-order valence-corrected chi connectivity index (χ0v) is 24.3. The topological polar surface area (TPSA) is 13.1 Å². The van der Waals surface area contributed by atoms with E-state index in [0.29, 0.717) is 11.1 Å². The van der Waals surface area contributed by atoms with Crippen molar-refractivity contribution in [2.45, 2.75) is 0 Å². The minimum Gasteiger partial charge on any atom is -0.456 e. The molecule has 0 fully saturated rings. The van der Waals surface area contributed by atoms with Crippen LogP contribution in [0.25, 0.3) is 88.0 Å². The van der Waals surface area contributed by atoms with Crippen LogP contribution in [0, 0.1) is 0 Å². The molecule has 0 N–H and O–H groups in total. The highest BCUT2D eigenvalue weighted by Gasteiger charge is 2.18. The molecule has 1 heteroatoms. The molecular weight excluding hydrogens is 544 g/mol. The Morgan fingerprint density at radius 2 is 0.867 bits per heavy atom. The van der Waals surface area contributed by atoms with Crippen molar-refractivity contribution < 1.29 is 9.90 Å². The van der Waals surface area contributed by atoms with Crippen LogP contribution in [0.1, 0.15) is 5.48 Å². The van der Waals surface area contributed by atoms with E-state index in [1.807, 2.05) is 78.9 Å². The Labute approximate surface area is 267 Å². The first kappa shape index (κ1) is 21.7. The minimum atomic E-state index is -0.242. The summed E-state index contributed by atoms with van der Waals surface area (Å²) in [7, 11) is 0. The van der Waals surface area contributed by atoms with Crippen LogP contribution in [-0.4, -0.2) is 0 Å². The highest BCUT2D eigenvalue weighted by molar-refractivity contribution is 6.22. The molecule has 9 rings (SSSR count). The van der Waals surface area contributed by atoms with Crippen LogP contribution in [0.5, 0.6) is 0 Å². The van der Waals surface area contributed by atoms with Crippen molar-refractivity contribution >= 4 is 43.5 Å². The standard InChI is InChI=1S/C44H28O/c1-2-12-30(13-3-1)33-14-4-5-16-35(33)44-38-19-8-6-17-36(38)43(37-18-7-9-20-39(37)44)31-24-22-29(23-25-31)32-26-27-42-40(28-32)34-15-10-11-21-41(34)45-42/h1-28H/i4D,5D,14D,16D. The molecule has 0 aliphatic carbocycles. The zero-order chi connectivity index (χ0) is 33.2. The summed E-state index contributed by atoms with van der Waals surface area (Å²) in [6.45, 7) is 0. The van der Waals surface area contributed by atoms with Gasteiger partial charge in [0.15, 0.2) is 0 Å². The van der Waals surface area contributed by atoms with Crippen LogP contribution < -0.4 is 0 Å². The van der Waals surface area contributed by atoms with Gasteiger partial charge in [-0.1, -0.05) is 152 Å². The first-order valence-corrected chi connectivity index (χ1v) is 15.1. The number of para-hydroxylation sites is 1. The first-order valence-electron chi connectivity index (χ1n) is 17.1. The molecule has 0 bridgehead atoms. The average molecular weight is 577 g/mol. The SMILES string of the molecule is [2H]c1c([2H])c([2H])c(-c2c3ccccc3c(-c3ccc(-c4ccc5oc6ccccc6c5c4)cc3)c3ccccc23)c(-c2ccccc2)c1[2H]. The van der Waals surface area contributed by atoms with Gasteiger partial charge in [-0.25, -0.2) is 0 Å². The van der Waals surface area contributed by atoms with Gasteiger partial charge in [-0.05, 0) is 84.3 Å². The summed E-state index contributed by atoms with van der Waals surface area (Å²) in [4.78, 5) is 0. The minimum absolute atomic E-state index is 0.0448. The van der Waals surface area contributed by atoms with Crippen molar-refractivity contribution in [3.8, 4) is 44.5 Å². The Hall–Kier alpha value is -5.92. The second kappa shape index (κ2) is 10.4. The van der Waals surface area contributed by atoms with E-state index in [0.717, 1.165) is 76.9 Å². The van der Waals surface area contributed by atoms with E-state index in [-0.39, 0.29) is 24.2 Å². The van der Waals surface area contributed by atoms with Crippen molar-refractivity contribution in [2.75, 3.05) is 0 Å². The Bertz CT molecular complexity index is 2690. The van der Waals surface area contributed by atoms with Gasteiger partial charge in [-0.3, -0.25) is 0 Å². The summed E-state index contributed by atoms with van der Waals surface area (Å²) in [5.41, 5.74) is 8.69. The van der Waals surface area contributed by atoms with Crippen LogP contribution in [0.3, 0.4) is 0 Å². The van der Waals surface area contributed by atoms with Crippen LogP contribution >= 0.6 is 0 Å². The molecule has 0 saturated heterocycles. The lowest BCUT2D eigenvalue weighted by molar-refractivity contribution is 0.669. The number of rotatable bonds is 4. The molecule has 45 heavy (non-hydrogen) atoms. The second-order valence-electron chi connectivity index (χ2n) is 11.3. The highest BCUT2D eigenvalue weighted by Crippen LogP contribution is 2.46. The molecular formula is C44H28O. The van der Waals surface area contributed by atoms with Crippen LogP contribution in [-0.2, 0) is 0 Å². The fourth-order valence-corrected chi connectivity index (χ4v) is 6.77. The predicted molar refractivity (Wildman–Crippen MR) is 190 cm³/mol. The van der Waals surface area contributed by atoms with E-state index in [9.17, 15) is 1.37 Å². The Morgan fingerprint density at radius 3 is 1.56 bits per heavy atom. The zero-order valence-electron chi connectivity index (χ0n) is 28.3. The molecule has 0 amide bonds. The smallest absolute Gasteiger partial charge is 0.135 e. The molecule has 0 radical (unpaired) electrons. The molecule has 0 aliphatic rings. The largest absolute Gasteiger partial charge is 0.456 e. The van der Waals surface area contributed by atoms with Gasteiger partial charge in [0.05, 0.1) is 5.48 Å². The number of benzene rings is 8. The Kier molecular flexibility index (Phi) is 5.00. The molecule has 1 aromatic heterocycles. The van der Waals surface area contributed by atoms with E-state index < -0.39 is 0 Å². The maximum Gasteiger partial charge on any atom is 0.135 e. The molecule has 8 aromatic carbocycles. The number of hydrogen-bond acceptors (Lipinski definition) is 1. The van der Waals surface area contributed by atoms with E-state index in [1.54, 1.807) is 0 Å². The van der Waals surface area contributed by atoms with Crippen LogP contribution in [0.4, 0.5) is 0 Å². The van der Waals surface area contributed by atoms with Crippen molar-refractivity contribution in [1.82, 2.24) is 0 Å². The monoisotopic (exact) mass is 576 g/mol. The van der Waals surface area contributed by atoms with E-state index >= 15 is 0 Å². The fraction of sp³-hybridized carbons (Fsp3) is 0. The van der Waals surface area contributed by atoms with Gasteiger partial charge in [0.1, 0.15) is 11.2 Å². The predicted octanol–water partition coefficient (Wildman–Crippen LogP) is 12.6. The van der Waals surface area contributed by atoms with Gasteiger partial charge in [-0.2, -0.15) is 0 Å². The lowest BCUT2D eigenvalue weighted by atomic mass is 9.83. The van der Waals surface area contributed by atoms with E-state index in [2.05, 4.69) is 66.7 Å². The molecule has 9 aromatic rings. The van der Waals surface area contributed by atoms with Crippen molar-refractivity contribution in [3.63, 3.8) is 0 Å². The molecule has 210 valence electrons. The van der Waals surface area contributed by atoms with Gasteiger partial charge in [0.25, 0.3) is 0 Å². The quantitative estimate of drug-likeness (QED) is 0.190. The third kappa shape index (κ3) is 4.17. The molecule has 0 saturated carbocycles. The highest BCUT2D eigenvalue weighted by atomic mass is 16.3. The van der Waals surface area contributed by atoms with Crippen molar-refractivity contribution in [1.29, 1.82) is 0 Å². The summed E-state index contributed by atoms with van der Waals surface area (Å²) in [5.74, 6) is 0. The third-order valence-corrected chi connectivity index (χ3v) is 8.82. The van der Waals surface area contributed by atoms with Gasteiger partial charge in [-0.15, -0.1) is 0 Å². The first-order chi connectivity index (χ1) is 24.0. The summed E-state index contributed by atoms with van der Waals surface area (Å²) in [6.07, 6.45) is 0. The second-order valence-corrected chi connectivity index (χ2v) is 11.3. The van der Waals surface area contributed by atoms with Crippen LogP contribution in [0.15, 0.2) is 174 Å². The van der Waals surface area contributed by atoms with Gasteiger partial charge < -0.3 is 4.42 Å². The van der Waals surface area contributed by atoms with Gasteiger partial charge in [0, 0.05) is 10.8 Å². The molecule has 1 nitrogen and oxygen atoms in total. The van der Waals surface area contributed by atoms with Gasteiger partial charge >= 0.3 is 0 Å². The van der Waals surface area contributed by atoms with E-state index in [1.165, 1.54) is 0 Å². The summed E-state index contributed by atoms with van der Waals surface area (Å²) >= 11 is 0. The lowest BCUT2D eigenvalue weighted by Gasteiger charge is -2.19. The molecule has 0 spiro atoms. The van der Waals surface area contributed by atoms with Crippen LogP contribution in [0.2, 0.25) is 0 Å².